The van der Waals surface area contributed by atoms with Crippen LogP contribution in [0.25, 0.3) is 0 Å². The van der Waals surface area contributed by atoms with Crippen LogP contribution in [0.3, 0.4) is 0 Å². The second-order valence-corrected chi connectivity index (χ2v) is 4.67. The van der Waals surface area contributed by atoms with Crippen molar-refractivity contribution in [2.24, 2.45) is 7.05 Å². The first-order valence-corrected chi connectivity index (χ1v) is 6.08. The zero-order valence-corrected chi connectivity index (χ0v) is 11.5. The van der Waals surface area contributed by atoms with Gasteiger partial charge in [-0.2, -0.15) is 23.4 Å². The number of nitrogens with zero attached hydrogens (tertiary/aromatic N) is 5. The van der Waals surface area contributed by atoms with Gasteiger partial charge < -0.3 is 4.90 Å². The number of halogens is 3. The number of hydrogen-bond acceptors (Lipinski definition) is 3. The summed E-state index contributed by atoms with van der Waals surface area (Å²) in [4.78, 5) is 13.3. The van der Waals surface area contributed by atoms with Crippen LogP contribution < -0.4 is 0 Å². The number of amides is 1. The van der Waals surface area contributed by atoms with Crippen molar-refractivity contribution in [1.29, 1.82) is 0 Å². The van der Waals surface area contributed by atoms with Crippen molar-refractivity contribution in [1.82, 2.24) is 24.5 Å². The molecule has 0 aliphatic carbocycles. The van der Waals surface area contributed by atoms with E-state index >= 15 is 0 Å². The highest BCUT2D eigenvalue weighted by Crippen LogP contribution is 2.27. The van der Waals surface area contributed by atoms with Gasteiger partial charge in [-0.3, -0.25) is 14.2 Å². The third-order valence-electron chi connectivity index (χ3n) is 2.83. The van der Waals surface area contributed by atoms with Crippen LogP contribution in [0.5, 0.6) is 0 Å². The Morgan fingerprint density at radius 3 is 2.67 bits per heavy atom. The van der Waals surface area contributed by atoms with E-state index in [1.807, 2.05) is 0 Å². The van der Waals surface area contributed by atoms with Crippen molar-refractivity contribution in [2.45, 2.75) is 19.3 Å². The molecular weight excluding hydrogens is 287 g/mol. The molecule has 2 aromatic heterocycles. The molecule has 0 atom stereocenters. The number of alkyl halides is 3. The minimum Gasteiger partial charge on any atom is -0.340 e. The summed E-state index contributed by atoms with van der Waals surface area (Å²) >= 11 is 0. The smallest absolute Gasteiger partial charge is 0.340 e. The molecule has 21 heavy (non-hydrogen) atoms. The standard InChI is InChI=1S/C12H14F3N5O/c1-18(6-9-5-16-19(2)7-9)11(21)8-20-4-3-10(17-20)12(13,14)15/h3-5,7H,6,8H2,1-2H3. The molecule has 0 aliphatic heterocycles. The van der Waals surface area contributed by atoms with E-state index in [0.29, 0.717) is 6.54 Å². The van der Waals surface area contributed by atoms with Gasteiger partial charge >= 0.3 is 6.18 Å². The first-order chi connectivity index (χ1) is 9.75. The van der Waals surface area contributed by atoms with Crippen molar-refractivity contribution in [2.75, 3.05) is 7.05 Å². The molecule has 0 spiro atoms. The van der Waals surface area contributed by atoms with E-state index in [-0.39, 0.29) is 12.5 Å². The molecule has 0 saturated heterocycles. The average Bonchev–Trinajstić information content (AvgIpc) is 2.98. The summed E-state index contributed by atoms with van der Waals surface area (Å²) in [6, 6.07) is 0.842. The second-order valence-electron chi connectivity index (χ2n) is 4.67. The Morgan fingerprint density at radius 2 is 2.14 bits per heavy atom. The maximum atomic E-state index is 12.4. The first kappa shape index (κ1) is 15.1. The normalized spacial score (nSPS) is 11.7. The molecule has 2 heterocycles. The molecule has 0 unspecified atom stereocenters. The molecule has 9 heteroatoms. The summed E-state index contributed by atoms with van der Waals surface area (Å²) < 4.78 is 39.8. The van der Waals surface area contributed by atoms with Gasteiger partial charge in [-0.1, -0.05) is 0 Å². The van der Waals surface area contributed by atoms with Crippen LogP contribution in [-0.4, -0.2) is 37.4 Å². The van der Waals surface area contributed by atoms with Crippen molar-refractivity contribution in [3.05, 3.63) is 35.9 Å². The number of aryl methyl sites for hydroxylation is 1. The van der Waals surface area contributed by atoms with Crippen molar-refractivity contribution in [3.63, 3.8) is 0 Å². The van der Waals surface area contributed by atoms with E-state index < -0.39 is 11.9 Å². The molecule has 0 saturated carbocycles. The lowest BCUT2D eigenvalue weighted by Crippen LogP contribution is -2.30. The Labute approximate surface area is 118 Å². The predicted octanol–water partition coefficient (Wildman–Crippen LogP) is 1.29. The van der Waals surface area contributed by atoms with Crippen LogP contribution >= 0.6 is 0 Å². The van der Waals surface area contributed by atoms with Crippen LogP contribution in [0.2, 0.25) is 0 Å². The van der Waals surface area contributed by atoms with Crippen LogP contribution in [0.4, 0.5) is 13.2 Å². The van der Waals surface area contributed by atoms with Gasteiger partial charge in [0.05, 0.1) is 6.20 Å². The Kier molecular flexibility index (Phi) is 4.01. The molecule has 0 bridgehead atoms. The van der Waals surface area contributed by atoms with Crippen LogP contribution in [-0.2, 0) is 31.1 Å². The molecule has 0 radical (unpaired) electrons. The SMILES string of the molecule is CN(Cc1cnn(C)c1)C(=O)Cn1ccc(C(F)(F)F)n1. The number of hydrogen-bond donors (Lipinski definition) is 0. The van der Waals surface area contributed by atoms with Crippen molar-refractivity contribution in [3.8, 4) is 0 Å². The summed E-state index contributed by atoms with van der Waals surface area (Å²) in [6.07, 6.45) is 0.0213. The highest BCUT2D eigenvalue weighted by molar-refractivity contribution is 5.75. The average molecular weight is 301 g/mol. The summed E-state index contributed by atoms with van der Waals surface area (Å²) in [5.41, 5.74) is -0.171. The first-order valence-electron chi connectivity index (χ1n) is 6.08. The lowest BCUT2D eigenvalue weighted by atomic mass is 10.3. The number of aromatic nitrogens is 4. The number of carbonyl (C=O) groups is 1. The number of likely N-dealkylation sites (N-methyl/N-ethyl adjacent to an activating group) is 1. The molecule has 0 aliphatic rings. The Morgan fingerprint density at radius 1 is 1.43 bits per heavy atom. The largest absolute Gasteiger partial charge is 0.435 e. The summed E-state index contributed by atoms with van der Waals surface area (Å²) in [6.45, 7) is 0.0902. The summed E-state index contributed by atoms with van der Waals surface area (Å²) in [7, 11) is 3.33. The van der Waals surface area contributed by atoms with E-state index in [9.17, 15) is 18.0 Å². The maximum Gasteiger partial charge on any atom is 0.435 e. The fourth-order valence-electron chi connectivity index (χ4n) is 1.78. The van der Waals surface area contributed by atoms with Crippen LogP contribution in [0.15, 0.2) is 24.7 Å². The summed E-state index contributed by atoms with van der Waals surface area (Å²) in [5, 5.41) is 7.32. The minimum atomic E-state index is -4.50. The molecule has 2 aromatic rings. The number of rotatable bonds is 4. The molecule has 0 N–H and O–H groups in total. The molecule has 2 rings (SSSR count). The predicted molar refractivity (Wildman–Crippen MR) is 66.9 cm³/mol. The van der Waals surface area contributed by atoms with Gasteiger partial charge in [0.1, 0.15) is 6.54 Å². The van der Waals surface area contributed by atoms with E-state index in [1.54, 1.807) is 31.2 Å². The Bertz CT molecular complexity index is 631. The quantitative estimate of drug-likeness (QED) is 0.855. The van der Waals surface area contributed by atoms with E-state index in [4.69, 9.17) is 0 Å². The Balaban J connectivity index is 1.96. The third-order valence-corrected chi connectivity index (χ3v) is 2.83. The van der Waals surface area contributed by atoms with Crippen LogP contribution in [0.1, 0.15) is 11.3 Å². The topological polar surface area (TPSA) is 56.0 Å². The zero-order valence-electron chi connectivity index (χ0n) is 11.5. The molecular formula is C12H14F3N5O. The minimum absolute atomic E-state index is 0.243. The molecule has 6 nitrogen and oxygen atoms in total. The van der Waals surface area contributed by atoms with Gasteiger partial charge in [-0.15, -0.1) is 0 Å². The van der Waals surface area contributed by atoms with Gasteiger partial charge in [-0.05, 0) is 6.07 Å². The van der Waals surface area contributed by atoms with E-state index in [2.05, 4.69) is 10.2 Å². The lowest BCUT2D eigenvalue weighted by Gasteiger charge is -2.16. The van der Waals surface area contributed by atoms with Gasteiger partial charge in [0.2, 0.25) is 5.91 Å². The van der Waals surface area contributed by atoms with Crippen LogP contribution in [0, 0.1) is 0 Å². The monoisotopic (exact) mass is 301 g/mol. The molecule has 0 fully saturated rings. The van der Waals surface area contributed by atoms with Crippen molar-refractivity contribution < 1.29 is 18.0 Å². The second kappa shape index (κ2) is 5.58. The zero-order chi connectivity index (χ0) is 15.6. The highest BCUT2D eigenvalue weighted by atomic mass is 19.4. The fraction of sp³-hybridized carbons (Fsp3) is 0.417. The number of carbonyl (C=O) groups excluding carboxylic acids is 1. The van der Waals surface area contributed by atoms with Gasteiger partial charge in [0.15, 0.2) is 5.69 Å². The summed E-state index contributed by atoms with van der Waals surface area (Å²) in [5.74, 6) is -0.337. The third kappa shape index (κ3) is 3.83. The van der Waals surface area contributed by atoms with Gasteiger partial charge in [0.25, 0.3) is 0 Å². The maximum absolute atomic E-state index is 12.4. The lowest BCUT2D eigenvalue weighted by molar-refractivity contribution is -0.142. The highest BCUT2D eigenvalue weighted by Gasteiger charge is 2.33. The Hall–Kier alpha value is -2.32. The molecule has 1 amide bonds. The molecule has 114 valence electrons. The molecule has 0 aromatic carbocycles. The fourth-order valence-corrected chi connectivity index (χ4v) is 1.78. The van der Waals surface area contributed by atoms with Gasteiger partial charge in [-0.25, -0.2) is 0 Å². The van der Waals surface area contributed by atoms with Gasteiger partial charge in [0, 0.05) is 38.6 Å². The van der Waals surface area contributed by atoms with Crippen molar-refractivity contribution >= 4 is 5.91 Å². The van der Waals surface area contributed by atoms with E-state index in [0.717, 1.165) is 22.5 Å². The van der Waals surface area contributed by atoms with E-state index in [1.165, 1.54) is 4.90 Å².